The second-order valence-corrected chi connectivity index (χ2v) is 5.10. The van der Waals surface area contributed by atoms with Crippen LogP contribution in [0, 0.1) is 5.92 Å². The Balaban J connectivity index is 2.53. The summed E-state index contributed by atoms with van der Waals surface area (Å²) in [6, 6.07) is 5.65. The molecular formula is C12H16BrClO. The van der Waals surface area contributed by atoms with Gasteiger partial charge in [-0.3, -0.25) is 0 Å². The lowest BCUT2D eigenvalue weighted by molar-refractivity contribution is 0.251. The van der Waals surface area contributed by atoms with Crippen LogP contribution < -0.4 is 4.74 Å². The van der Waals surface area contributed by atoms with Crippen molar-refractivity contribution in [1.29, 1.82) is 0 Å². The third-order valence-corrected chi connectivity index (χ3v) is 3.00. The first-order valence-electron chi connectivity index (χ1n) is 5.21. The zero-order valence-electron chi connectivity index (χ0n) is 9.09. The van der Waals surface area contributed by atoms with Gasteiger partial charge >= 0.3 is 0 Å². The van der Waals surface area contributed by atoms with Gasteiger partial charge in [-0.1, -0.05) is 47.8 Å². The van der Waals surface area contributed by atoms with Gasteiger partial charge in [0, 0.05) is 4.47 Å². The fourth-order valence-corrected chi connectivity index (χ4v) is 1.91. The highest BCUT2D eigenvalue weighted by Gasteiger charge is 2.05. The molecule has 84 valence electrons. The van der Waals surface area contributed by atoms with Crippen LogP contribution in [0.2, 0.25) is 5.02 Å². The van der Waals surface area contributed by atoms with E-state index in [1.807, 2.05) is 18.2 Å². The predicted molar refractivity (Wildman–Crippen MR) is 68.7 cm³/mol. The first-order chi connectivity index (χ1) is 7.13. The molecule has 0 saturated carbocycles. The highest BCUT2D eigenvalue weighted by molar-refractivity contribution is 9.10. The number of ether oxygens (including phenoxy) is 1. The number of hydrogen-bond donors (Lipinski definition) is 0. The molecule has 0 aliphatic carbocycles. The Hall–Kier alpha value is -0.210. The molecule has 1 atom stereocenters. The van der Waals surface area contributed by atoms with Gasteiger partial charge in [-0.15, -0.1) is 0 Å². The molecule has 0 saturated heterocycles. The average Bonchev–Trinajstić information content (AvgIpc) is 2.20. The van der Waals surface area contributed by atoms with Crippen LogP contribution in [0.1, 0.15) is 26.7 Å². The molecule has 1 rings (SSSR count). The van der Waals surface area contributed by atoms with E-state index in [0.717, 1.165) is 16.8 Å². The van der Waals surface area contributed by atoms with E-state index in [2.05, 4.69) is 29.8 Å². The second-order valence-electron chi connectivity index (χ2n) is 3.78. The Morgan fingerprint density at radius 2 is 2.20 bits per heavy atom. The monoisotopic (exact) mass is 290 g/mol. The third-order valence-electron chi connectivity index (χ3n) is 2.20. The zero-order valence-corrected chi connectivity index (χ0v) is 11.4. The topological polar surface area (TPSA) is 9.23 Å². The largest absolute Gasteiger partial charge is 0.492 e. The molecule has 0 aliphatic rings. The van der Waals surface area contributed by atoms with Crippen LogP contribution in [-0.4, -0.2) is 6.61 Å². The van der Waals surface area contributed by atoms with E-state index in [1.54, 1.807) is 0 Å². The summed E-state index contributed by atoms with van der Waals surface area (Å²) < 4.78 is 6.66. The van der Waals surface area contributed by atoms with E-state index in [4.69, 9.17) is 16.3 Å². The summed E-state index contributed by atoms with van der Waals surface area (Å²) in [7, 11) is 0. The van der Waals surface area contributed by atoms with Crippen molar-refractivity contribution in [3.63, 3.8) is 0 Å². The summed E-state index contributed by atoms with van der Waals surface area (Å²) in [5.41, 5.74) is 0. The molecule has 1 unspecified atom stereocenters. The zero-order chi connectivity index (χ0) is 11.3. The van der Waals surface area contributed by atoms with Crippen LogP contribution in [-0.2, 0) is 0 Å². The van der Waals surface area contributed by atoms with Crippen molar-refractivity contribution >= 4 is 27.5 Å². The molecule has 15 heavy (non-hydrogen) atoms. The predicted octanol–water partition coefficient (Wildman–Crippen LogP) is 4.92. The smallest absolute Gasteiger partial charge is 0.139 e. The van der Waals surface area contributed by atoms with Gasteiger partial charge in [0.15, 0.2) is 0 Å². The molecule has 0 fully saturated rings. The Morgan fingerprint density at radius 3 is 2.87 bits per heavy atom. The second kappa shape index (κ2) is 6.39. The van der Waals surface area contributed by atoms with Crippen LogP contribution in [0.5, 0.6) is 5.75 Å². The van der Waals surface area contributed by atoms with Crippen molar-refractivity contribution in [2.24, 2.45) is 5.92 Å². The van der Waals surface area contributed by atoms with Gasteiger partial charge in [-0.25, -0.2) is 0 Å². The Labute approximate surface area is 105 Å². The standard InChI is InChI=1S/C12H16BrClO/c1-3-4-9(2)8-15-12-7-10(13)5-6-11(12)14/h5-7,9H,3-4,8H2,1-2H3. The van der Waals surface area contributed by atoms with Crippen molar-refractivity contribution in [3.8, 4) is 5.75 Å². The van der Waals surface area contributed by atoms with Crippen LogP contribution >= 0.6 is 27.5 Å². The lowest BCUT2D eigenvalue weighted by Gasteiger charge is -2.13. The van der Waals surface area contributed by atoms with E-state index >= 15 is 0 Å². The molecule has 0 aromatic heterocycles. The van der Waals surface area contributed by atoms with E-state index in [1.165, 1.54) is 12.8 Å². The third kappa shape index (κ3) is 4.43. The molecular weight excluding hydrogens is 275 g/mol. The first-order valence-corrected chi connectivity index (χ1v) is 6.38. The summed E-state index contributed by atoms with van der Waals surface area (Å²) in [4.78, 5) is 0. The van der Waals surface area contributed by atoms with Gasteiger partial charge < -0.3 is 4.74 Å². The average molecular weight is 292 g/mol. The molecule has 1 aromatic rings. The lowest BCUT2D eigenvalue weighted by atomic mass is 10.1. The number of rotatable bonds is 5. The fraction of sp³-hybridized carbons (Fsp3) is 0.500. The van der Waals surface area contributed by atoms with Gasteiger partial charge in [-0.2, -0.15) is 0 Å². The Bertz CT molecular complexity index is 314. The summed E-state index contributed by atoms with van der Waals surface area (Å²) in [6.07, 6.45) is 2.38. The Kier molecular flexibility index (Phi) is 5.48. The summed E-state index contributed by atoms with van der Waals surface area (Å²) >= 11 is 9.41. The van der Waals surface area contributed by atoms with Crippen LogP contribution in [0.25, 0.3) is 0 Å². The molecule has 0 aliphatic heterocycles. The molecule has 1 aromatic carbocycles. The minimum absolute atomic E-state index is 0.574. The number of halogens is 2. The molecule has 3 heteroatoms. The first kappa shape index (κ1) is 12.9. The van der Waals surface area contributed by atoms with Gasteiger partial charge in [0.25, 0.3) is 0 Å². The van der Waals surface area contributed by atoms with Crippen LogP contribution in [0.15, 0.2) is 22.7 Å². The van der Waals surface area contributed by atoms with E-state index in [-0.39, 0.29) is 0 Å². The molecule has 0 spiro atoms. The van der Waals surface area contributed by atoms with E-state index in [9.17, 15) is 0 Å². The summed E-state index contributed by atoms with van der Waals surface area (Å²) in [6.45, 7) is 5.10. The van der Waals surface area contributed by atoms with Gasteiger partial charge in [0.05, 0.1) is 11.6 Å². The molecule has 0 amide bonds. The maximum absolute atomic E-state index is 6.01. The van der Waals surface area contributed by atoms with Crippen molar-refractivity contribution < 1.29 is 4.74 Å². The number of benzene rings is 1. The van der Waals surface area contributed by atoms with Crippen molar-refractivity contribution in [2.75, 3.05) is 6.61 Å². The highest BCUT2D eigenvalue weighted by atomic mass is 79.9. The van der Waals surface area contributed by atoms with Crippen LogP contribution in [0.3, 0.4) is 0 Å². The lowest BCUT2D eigenvalue weighted by Crippen LogP contribution is -2.08. The van der Waals surface area contributed by atoms with Crippen molar-refractivity contribution in [2.45, 2.75) is 26.7 Å². The van der Waals surface area contributed by atoms with Gasteiger partial charge in [0.1, 0.15) is 5.75 Å². The normalized spacial score (nSPS) is 12.5. The quantitative estimate of drug-likeness (QED) is 0.748. The van der Waals surface area contributed by atoms with Gasteiger partial charge in [-0.05, 0) is 30.5 Å². The van der Waals surface area contributed by atoms with Crippen molar-refractivity contribution in [1.82, 2.24) is 0 Å². The van der Waals surface area contributed by atoms with Crippen molar-refractivity contribution in [3.05, 3.63) is 27.7 Å². The van der Waals surface area contributed by atoms with Gasteiger partial charge in [0.2, 0.25) is 0 Å². The SMILES string of the molecule is CCCC(C)COc1cc(Br)ccc1Cl. The highest BCUT2D eigenvalue weighted by Crippen LogP contribution is 2.28. The minimum Gasteiger partial charge on any atom is -0.492 e. The maximum atomic E-state index is 6.01. The molecule has 0 bridgehead atoms. The molecule has 0 heterocycles. The van der Waals surface area contributed by atoms with Crippen LogP contribution in [0.4, 0.5) is 0 Å². The minimum atomic E-state index is 0.574. The maximum Gasteiger partial charge on any atom is 0.139 e. The molecule has 0 radical (unpaired) electrons. The van der Waals surface area contributed by atoms with E-state index < -0.39 is 0 Å². The Morgan fingerprint density at radius 1 is 1.47 bits per heavy atom. The molecule has 0 N–H and O–H groups in total. The summed E-state index contributed by atoms with van der Waals surface area (Å²) in [5.74, 6) is 1.33. The fourth-order valence-electron chi connectivity index (χ4n) is 1.40. The van der Waals surface area contributed by atoms with E-state index in [0.29, 0.717) is 10.9 Å². The summed E-state index contributed by atoms with van der Waals surface area (Å²) in [5, 5.41) is 0.668. The molecule has 1 nitrogen and oxygen atoms in total. The number of hydrogen-bond acceptors (Lipinski definition) is 1.